The molecule has 1 saturated heterocycles. The summed E-state index contributed by atoms with van der Waals surface area (Å²) in [5.41, 5.74) is 1.06. The van der Waals surface area contributed by atoms with Crippen LogP contribution in [0.3, 0.4) is 0 Å². The number of aromatic nitrogens is 3. The second kappa shape index (κ2) is 7.27. The molecule has 2 aromatic rings. The van der Waals surface area contributed by atoms with E-state index in [-0.39, 0.29) is 11.4 Å². The summed E-state index contributed by atoms with van der Waals surface area (Å²) in [6.07, 6.45) is 1.79. The number of piperazine rings is 1. The lowest BCUT2D eigenvalue weighted by atomic mass is 10.1. The molecule has 0 unspecified atom stereocenters. The van der Waals surface area contributed by atoms with E-state index in [1.165, 1.54) is 0 Å². The zero-order chi connectivity index (χ0) is 18.7. The van der Waals surface area contributed by atoms with Gasteiger partial charge in [0.2, 0.25) is 5.95 Å². The molecule has 138 valence electrons. The molecule has 26 heavy (non-hydrogen) atoms. The number of carbonyl (C=O) groups is 1. The Bertz CT molecular complexity index is 763. The highest BCUT2D eigenvalue weighted by molar-refractivity contribution is 5.92. The molecule has 0 spiro atoms. The van der Waals surface area contributed by atoms with Crippen molar-refractivity contribution in [2.75, 3.05) is 36.4 Å². The van der Waals surface area contributed by atoms with Crippen LogP contribution in [0.2, 0.25) is 0 Å². The van der Waals surface area contributed by atoms with Crippen LogP contribution in [0.4, 0.5) is 11.8 Å². The van der Waals surface area contributed by atoms with E-state index in [9.17, 15) is 4.79 Å². The molecule has 0 aliphatic carbocycles. The molecule has 1 fully saturated rings. The first-order chi connectivity index (χ1) is 12.3. The second-order valence-electron chi connectivity index (χ2n) is 7.56. The van der Waals surface area contributed by atoms with Gasteiger partial charge in [0.25, 0.3) is 5.91 Å². The number of nitrogens with one attached hydrogen (secondary N) is 1. The van der Waals surface area contributed by atoms with E-state index >= 15 is 0 Å². The summed E-state index contributed by atoms with van der Waals surface area (Å²) in [5.74, 6) is 1.40. The molecule has 7 nitrogen and oxygen atoms in total. The average Bonchev–Trinajstić information content (AvgIpc) is 2.60. The summed E-state index contributed by atoms with van der Waals surface area (Å²) in [6, 6.07) is 7.63. The van der Waals surface area contributed by atoms with Crippen molar-refractivity contribution < 1.29 is 4.79 Å². The number of hydrogen-bond acceptors (Lipinski definition) is 6. The predicted molar refractivity (Wildman–Crippen MR) is 102 cm³/mol. The van der Waals surface area contributed by atoms with E-state index in [1.54, 1.807) is 12.3 Å². The van der Waals surface area contributed by atoms with Crippen molar-refractivity contribution in [3.05, 3.63) is 41.9 Å². The van der Waals surface area contributed by atoms with Gasteiger partial charge in [0.15, 0.2) is 0 Å². The van der Waals surface area contributed by atoms with E-state index in [1.807, 2.05) is 50.8 Å². The fourth-order valence-electron chi connectivity index (χ4n) is 2.91. The summed E-state index contributed by atoms with van der Waals surface area (Å²) in [5, 5.41) is 3.24. The molecule has 1 amide bonds. The maximum atomic E-state index is 12.9. The highest BCUT2D eigenvalue weighted by Crippen LogP contribution is 2.16. The monoisotopic (exact) mass is 354 g/mol. The molecule has 3 rings (SSSR count). The van der Waals surface area contributed by atoms with Crippen molar-refractivity contribution >= 4 is 17.7 Å². The Kier molecular flexibility index (Phi) is 5.06. The molecule has 0 bridgehead atoms. The Morgan fingerprint density at radius 3 is 2.46 bits per heavy atom. The average molecular weight is 354 g/mol. The Labute approximate surface area is 154 Å². The molecular formula is C19H26N6O. The van der Waals surface area contributed by atoms with Gasteiger partial charge in [-0.05, 0) is 45.9 Å². The Morgan fingerprint density at radius 2 is 1.85 bits per heavy atom. The summed E-state index contributed by atoms with van der Waals surface area (Å²) in [6.45, 7) is 10.8. The molecule has 3 heterocycles. The molecule has 2 aromatic heterocycles. The van der Waals surface area contributed by atoms with Gasteiger partial charge in [-0.3, -0.25) is 4.79 Å². The van der Waals surface area contributed by atoms with Crippen LogP contribution in [-0.4, -0.2) is 57.5 Å². The molecule has 0 radical (unpaired) electrons. The van der Waals surface area contributed by atoms with Crippen LogP contribution in [0.15, 0.2) is 30.5 Å². The molecule has 0 atom stereocenters. The van der Waals surface area contributed by atoms with E-state index in [0.29, 0.717) is 24.7 Å². The quantitative estimate of drug-likeness (QED) is 0.912. The smallest absolute Gasteiger partial charge is 0.272 e. The molecule has 0 saturated carbocycles. The SMILES string of the molecule is Cc1cc(C(=O)N2CCN(c3ccccn3)CC2)nc(NC(C)(C)C)n1. The van der Waals surface area contributed by atoms with Crippen LogP contribution >= 0.6 is 0 Å². The number of amides is 1. The molecule has 1 aliphatic heterocycles. The number of rotatable bonds is 3. The van der Waals surface area contributed by atoms with Gasteiger partial charge in [0.1, 0.15) is 11.5 Å². The molecule has 7 heteroatoms. The summed E-state index contributed by atoms with van der Waals surface area (Å²) in [7, 11) is 0. The first-order valence-corrected chi connectivity index (χ1v) is 8.91. The highest BCUT2D eigenvalue weighted by atomic mass is 16.2. The predicted octanol–water partition coefficient (Wildman–Crippen LogP) is 2.35. The first-order valence-electron chi connectivity index (χ1n) is 8.91. The van der Waals surface area contributed by atoms with Gasteiger partial charge in [0.05, 0.1) is 0 Å². The molecule has 1 aliphatic rings. The fraction of sp³-hybridized carbons (Fsp3) is 0.474. The number of hydrogen-bond donors (Lipinski definition) is 1. The van der Waals surface area contributed by atoms with Crippen molar-refractivity contribution in [3.63, 3.8) is 0 Å². The summed E-state index contributed by atoms with van der Waals surface area (Å²) in [4.78, 5) is 30.1. The van der Waals surface area contributed by atoms with E-state index < -0.39 is 0 Å². The van der Waals surface area contributed by atoms with Gasteiger partial charge < -0.3 is 15.1 Å². The zero-order valence-electron chi connectivity index (χ0n) is 15.9. The van der Waals surface area contributed by atoms with E-state index in [4.69, 9.17) is 0 Å². The van der Waals surface area contributed by atoms with Crippen LogP contribution in [0.1, 0.15) is 37.0 Å². The van der Waals surface area contributed by atoms with Gasteiger partial charge in [-0.15, -0.1) is 0 Å². The third kappa shape index (κ3) is 4.47. The van der Waals surface area contributed by atoms with Crippen molar-refractivity contribution in [1.82, 2.24) is 19.9 Å². The second-order valence-corrected chi connectivity index (χ2v) is 7.56. The van der Waals surface area contributed by atoms with Gasteiger partial charge in [-0.1, -0.05) is 6.07 Å². The van der Waals surface area contributed by atoms with E-state index in [0.717, 1.165) is 24.6 Å². The molecule has 1 N–H and O–H groups in total. The van der Waals surface area contributed by atoms with Crippen LogP contribution in [0.25, 0.3) is 0 Å². The Hall–Kier alpha value is -2.70. The van der Waals surface area contributed by atoms with Crippen molar-refractivity contribution in [2.45, 2.75) is 33.2 Å². The highest BCUT2D eigenvalue weighted by Gasteiger charge is 2.24. The number of pyridine rings is 1. The van der Waals surface area contributed by atoms with Crippen molar-refractivity contribution in [2.24, 2.45) is 0 Å². The first kappa shape index (κ1) is 18.1. The van der Waals surface area contributed by atoms with Crippen LogP contribution in [0.5, 0.6) is 0 Å². The Morgan fingerprint density at radius 1 is 1.12 bits per heavy atom. The maximum absolute atomic E-state index is 12.9. The maximum Gasteiger partial charge on any atom is 0.272 e. The molecule has 0 aromatic carbocycles. The van der Waals surface area contributed by atoms with Crippen molar-refractivity contribution in [1.29, 1.82) is 0 Å². The van der Waals surface area contributed by atoms with Crippen LogP contribution in [0, 0.1) is 6.92 Å². The lowest BCUT2D eigenvalue weighted by Gasteiger charge is -2.35. The number of carbonyl (C=O) groups excluding carboxylic acids is 1. The van der Waals surface area contributed by atoms with Gasteiger partial charge >= 0.3 is 0 Å². The van der Waals surface area contributed by atoms with Crippen LogP contribution < -0.4 is 10.2 Å². The molecular weight excluding hydrogens is 328 g/mol. The number of anilines is 2. The summed E-state index contributed by atoms with van der Waals surface area (Å²) < 4.78 is 0. The van der Waals surface area contributed by atoms with Gasteiger partial charge in [-0.25, -0.2) is 15.0 Å². The van der Waals surface area contributed by atoms with Crippen molar-refractivity contribution in [3.8, 4) is 0 Å². The minimum Gasteiger partial charge on any atom is -0.353 e. The third-order valence-corrected chi connectivity index (χ3v) is 4.10. The Balaban J connectivity index is 1.69. The number of aryl methyl sites for hydroxylation is 1. The normalized spacial score (nSPS) is 15.1. The lowest BCUT2D eigenvalue weighted by Crippen LogP contribution is -2.49. The lowest BCUT2D eigenvalue weighted by molar-refractivity contribution is 0.0740. The van der Waals surface area contributed by atoms with Gasteiger partial charge in [0, 0.05) is 43.6 Å². The standard InChI is InChI=1S/C19H26N6O/c1-14-13-15(22-18(21-14)23-19(2,3)4)17(26)25-11-9-24(10-12-25)16-7-5-6-8-20-16/h5-8,13H,9-12H2,1-4H3,(H,21,22,23). The fourth-order valence-corrected chi connectivity index (χ4v) is 2.91. The number of nitrogens with zero attached hydrogens (tertiary/aromatic N) is 5. The largest absolute Gasteiger partial charge is 0.353 e. The minimum absolute atomic E-state index is 0.0480. The van der Waals surface area contributed by atoms with Crippen LogP contribution in [-0.2, 0) is 0 Å². The summed E-state index contributed by atoms with van der Waals surface area (Å²) >= 11 is 0. The zero-order valence-corrected chi connectivity index (χ0v) is 15.9. The minimum atomic E-state index is -0.164. The third-order valence-electron chi connectivity index (χ3n) is 4.10. The van der Waals surface area contributed by atoms with Gasteiger partial charge in [-0.2, -0.15) is 0 Å². The van der Waals surface area contributed by atoms with E-state index in [2.05, 4.69) is 25.2 Å². The topological polar surface area (TPSA) is 74.2 Å².